The number of hydrogen-bond donors (Lipinski definition) is 0. The smallest absolute Gasteiger partial charge is 0.138 e. The van der Waals surface area contributed by atoms with Crippen LogP contribution in [-0.4, -0.2) is 4.57 Å². The monoisotopic (exact) mass is 933 g/mol. The Bertz CT molecular complexity index is 4380. The minimum Gasteiger partial charge on any atom is -0.456 e. The number of aryl methyl sites for hydroxylation is 1. The van der Waals surface area contributed by atoms with Crippen molar-refractivity contribution < 1.29 is 8.83 Å². The second-order valence-electron chi connectivity index (χ2n) is 19.8. The zero-order valence-electron chi connectivity index (χ0n) is 40.0. The Labute approximate surface area is 422 Å². The van der Waals surface area contributed by atoms with E-state index in [0.717, 1.165) is 84.6 Å². The average molecular weight is 934 g/mol. The van der Waals surface area contributed by atoms with E-state index in [-0.39, 0.29) is 5.92 Å². The number of fused-ring (bicyclic) bond motifs is 12. The first kappa shape index (κ1) is 41.6. The second-order valence-corrected chi connectivity index (χ2v) is 19.8. The minimum absolute atomic E-state index is 0.137. The first-order chi connectivity index (χ1) is 36.2. The van der Waals surface area contributed by atoms with Crippen LogP contribution in [0.25, 0.3) is 93.6 Å². The minimum atomic E-state index is -0.418. The molecule has 1 aliphatic rings. The van der Waals surface area contributed by atoms with Gasteiger partial charge in [-0.2, -0.15) is 0 Å². The van der Waals surface area contributed by atoms with Gasteiger partial charge in [-0.15, -0.1) is 0 Å². The maximum atomic E-state index is 6.80. The van der Waals surface area contributed by atoms with Gasteiger partial charge in [-0.25, -0.2) is 0 Å². The predicted molar refractivity (Wildman–Crippen MR) is 301 cm³/mol. The Morgan fingerprint density at radius 2 is 0.973 bits per heavy atom. The fourth-order valence-electron chi connectivity index (χ4n) is 12.8. The lowest BCUT2D eigenvalue weighted by atomic mass is 9.67. The largest absolute Gasteiger partial charge is 0.456 e. The van der Waals surface area contributed by atoms with Gasteiger partial charge < -0.3 is 13.4 Å². The van der Waals surface area contributed by atoms with Crippen molar-refractivity contribution in [3.05, 3.63) is 294 Å². The quantitative estimate of drug-likeness (QED) is 0.144. The summed E-state index contributed by atoms with van der Waals surface area (Å²) in [5.41, 5.74) is 20.5. The van der Waals surface area contributed by atoms with E-state index >= 15 is 0 Å². The van der Waals surface area contributed by atoms with Crippen LogP contribution in [0.15, 0.2) is 264 Å². The van der Waals surface area contributed by atoms with E-state index in [1.54, 1.807) is 0 Å². The van der Waals surface area contributed by atoms with E-state index in [9.17, 15) is 0 Å². The molecule has 0 saturated heterocycles. The van der Waals surface area contributed by atoms with Gasteiger partial charge in [0.2, 0.25) is 0 Å². The summed E-state index contributed by atoms with van der Waals surface area (Å²) < 4.78 is 15.8. The number of nitrogens with zero attached hydrogens (tertiary/aromatic N) is 1. The molecule has 3 heterocycles. The number of furan rings is 2. The van der Waals surface area contributed by atoms with E-state index in [1.165, 1.54) is 60.8 Å². The summed E-state index contributed by atoms with van der Waals surface area (Å²) >= 11 is 0. The predicted octanol–water partition coefficient (Wildman–Crippen LogP) is 18.4. The molecule has 0 radical (unpaired) electrons. The van der Waals surface area contributed by atoms with Crippen LogP contribution in [0.2, 0.25) is 0 Å². The second kappa shape index (κ2) is 16.4. The van der Waals surface area contributed by atoms with Gasteiger partial charge in [0, 0.05) is 55.6 Å². The van der Waals surface area contributed by atoms with Gasteiger partial charge in [0.25, 0.3) is 0 Å². The molecule has 344 valence electrons. The fraction of sp³-hybridized carbons (Fsp3) is 0.0571. The summed E-state index contributed by atoms with van der Waals surface area (Å²) in [4.78, 5) is 0. The number of para-hydroxylation sites is 3. The third kappa shape index (κ3) is 6.32. The lowest BCUT2D eigenvalue weighted by Crippen LogP contribution is -2.28. The maximum absolute atomic E-state index is 6.80. The summed E-state index contributed by atoms with van der Waals surface area (Å²) in [6, 6.07) is 93.5. The van der Waals surface area contributed by atoms with Crippen molar-refractivity contribution in [2.75, 3.05) is 0 Å². The highest BCUT2D eigenvalue weighted by molar-refractivity contribution is 6.27. The first-order valence-electron chi connectivity index (χ1n) is 25.5. The maximum Gasteiger partial charge on any atom is 0.138 e. The Morgan fingerprint density at radius 1 is 0.384 bits per heavy atom. The van der Waals surface area contributed by atoms with E-state index < -0.39 is 5.41 Å². The topological polar surface area (TPSA) is 31.2 Å². The molecule has 3 nitrogen and oxygen atoms in total. The van der Waals surface area contributed by atoms with Crippen LogP contribution in [-0.2, 0) is 11.8 Å². The van der Waals surface area contributed by atoms with Crippen LogP contribution >= 0.6 is 0 Å². The highest BCUT2D eigenvalue weighted by Crippen LogP contribution is 2.56. The molecule has 3 heteroatoms. The summed E-state index contributed by atoms with van der Waals surface area (Å²) in [7, 11) is 0. The molecule has 0 spiro atoms. The van der Waals surface area contributed by atoms with E-state index in [1.807, 2.05) is 6.07 Å². The molecule has 1 unspecified atom stereocenters. The van der Waals surface area contributed by atoms with Crippen molar-refractivity contribution in [1.82, 2.24) is 4.57 Å². The number of aromatic nitrogens is 1. The number of hydrogen-bond acceptors (Lipinski definition) is 2. The highest BCUT2D eigenvalue weighted by Gasteiger charge is 2.45. The zero-order valence-corrected chi connectivity index (χ0v) is 40.0. The molecular weight excluding hydrogens is 887 g/mol. The molecule has 0 fully saturated rings. The molecule has 1 aliphatic carbocycles. The molecule has 0 aliphatic heterocycles. The van der Waals surface area contributed by atoms with Gasteiger partial charge in [0.1, 0.15) is 22.3 Å². The number of rotatable bonds is 9. The molecule has 1 atom stereocenters. The van der Waals surface area contributed by atoms with Crippen molar-refractivity contribution in [3.8, 4) is 27.9 Å². The third-order valence-corrected chi connectivity index (χ3v) is 16.0. The molecule has 73 heavy (non-hydrogen) atoms. The SMILES string of the molecule is c1ccc(C(CCc2ccc(C3(c4ccccc4)c4ccccc4-c4ccccc43)cc2)c2ccc3c(c2)c2c(-c4ccc5c(c4)oc4ccccc45)c4c(cc2n3-c2ccccc2)oc2ccccc24)cc1. The molecule has 0 bridgehead atoms. The van der Waals surface area contributed by atoms with Crippen molar-refractivity contribution in [3.63, 3.8) is 0 Å². The van der Waals surface area contributed by atoms with E-state index in [0.29, 0.717) is 0 Å². The van der Waals surface area contributed by atoms with E-state index in [4.69, 9.17) is 8.83 Å². The molecule has 3 aromatic heterocycles. The van der Waals surface area contributed by atoms with Crippen LogP contribution in [0.4, 0.5) is 0 Å². The van der Waals surface area contributed by atoms with Crippen molar-refractivity contribution >= 4 is 65.7 Å². The molecule has 0 N–H and O–H groups in total. The van der Waals surface area contributed by atoms with Crippen LogP contribution < -0.4 is 0 Å². The van der Waals surface area contributed by atoms with Gasteiger partial charge in [-0.3, -0.25) is 0 Å². The molecule has 0 saturated carbocycles. The van der Waals surface area contributed by atoms with Crippen molar-refractivity contribution in [2.45, 2.75) is 24.2 Å². The Morgan fingerprint density at radius 3 is 1.71 bits per heavy atom. The molecular formula is C70H47NO2. The van der Waals surface area contributed by atoms with E-state index in [2.05, 4.69) is 253 Å². The average Bonchev–Trinajstić information content (AvgIpc) is 4.24. The molecule has 0 amide bonds. The van der Waals surface area contributed by atoms with Crippen LogP contribution in [0, 0.1) is 0 Å². The van der Waals surface area contributed by atoms with Gasteiger partial charge in [0.05, 0.1) is 16.4 Å². The molecule has 14 aromatic rings. The summed E-state index contributed by atoms with van der Waals surface area (Å²) in [5, 5.41) is 6.84. The highest BCUT2D eigenvalue weighted by atomic mass is 16.3. The standard InChI is InChI=1S/C70H47NO2/c1-4-18-46(19-5-1)52(39-34-45-32-37-50(38-33-45)70(49-20-6-2-7-21-49)59-28-14-10-24-53(59)54-25-11-15-29-60(54)70)47-36-41-61-58(42-47)68-62(71(61)51-22-8-3-9-23-51)44-66-69(57-27-13-17-31-64(57)73-66)67(68)48-35-40-56-55-26-12-16-30-63(55)72-65(56)43-48/h1-33,35-38,40-44,52H,34,39H2. The van der Waals surface area contributed by atoms with Crippen LogP contribution in [0.5, 0.6) is 0 Å². The normalized spacial score (nSPS) is 13.4. The Balaban J connectivity index is 0.897. The third-order valence-electron chi connectivity index (χ3n) is 16.0. The molecule has 15 rings (SSSR count). The van der Waals surface area contributed by atoms with Crippen LogP contribution in [0.3, 0.4) is 0 Å². The van der Waals surface area contributed by atoms with Gasteiger partial charge in [-0.05, 0) is 117 Å². The van der Waals surface area contributed by atoms with Gasteiger partial charge in [0.15, 0.2) is 0 Å². The van der Waals surface area contributed by atoms with Gasteiger partial charge >= 0.3 is 0 Å². The summed E-state index contributed by atoms with van der Waals surface area (Å²) in [6.07, 6.45) is 1.85. The first-order valence-corrected chi connectivity index (χ1v) is 25.5. The Hall–Kier alpha value is -9.18. The molecule has 11 aromatic carbocycles. The van der Waals surface area contributed by atoms with Gasteiger partial charge in [-0.1, -0.05) is 200 Å². The lowest BCUT2D eigenvalue weighted by Gasteiger charge is -2.34. The van der Waals surface area contributed by atoms with Crippen molar-refractivity contribution in [1.29, 1.82) is 0 Å². The fourth-order valence-corrected chi connectivity index (χ4v) is 12.8. The number of benzene rings is 11. The Kier molecular flexibility index (Phi) is 9.37. The summed E-state index contributed by atoms with van der Waals surface area (Å²) in [5.74, 6) is 0.137. The lowest BCUT2D eigenvalue weighted by molar-refractivity contribution is 0.668. The summed E-state index contributed by atoms with van der Waals surface area (Å²) in [6.45, 7) is 0. The van der Waals surface area contributed by atoms with Crippen LogP contribution in [0.1, 0.15) is 51.3 Å². The zero-order chi connectivity index (χ0) is 48.0. The van der Waals surface area contributed by atoms with Crippen molar-refractivity contribution in [2.24, 2.45) is 0 Å².